The first-order valence-electron chi connectivity index (χ1n) is 5.02. The van der Waals surface area contributed by atoms with Crippen LogP contribution in [0.1, 0.15) is 15.2 Å². The molecule has 0 atom stereocenters. The molecule has 4 N–H and O–H groups in total. The number of anilines is 2. The summed E-state index contributed by atoms with van der Waals surface area (Å²) in [4.78, 5) is 12.6. The summed E-state index contributed by atoms with van der Waals surface area (Å²) >= 11 is 1.38. The predicted octanol–water partition coefficient (Wildman–Crippen LogP) is 2.60. The number of phenols is 1. The summed E-state index contributed by atoms with van der Waals surface area (Å²) in [5, 5.41) is 13.8. The fourth-order valence-corrected chi connectivity index (χ4v) is 2.27. The number of aromatic hydroxyl groups is 1. The Labute approximate surface area is 103 Å². The van der Waals surface area contributed by atoms with E-state index in [0.717, 1.165) is 5.56 Å². The smallest absolute Gasteiger partial charge is 0.266 e. The monoisotopic (exact) mass is 248 g/mol. The third-order valence-corrected chi connectivity index (χ3v) is 3.37. The summed E-state index contributed by atoms with van der Waals surface area (Å²) in [5.41, 5.74) is 7.47. The number of phenolic OH excluding ortho intramolecular Hbond substituents is 1. The first-order valence-corrected chi connectivity index (χ1v) is 5.90. The van der Waals surface area contributed by atoms with Crippen LogP contribution in [0.25, 0.3) is 0 Å². The molecule has 0 fully saturated rings. The molecule has 4 nitrogen and oxygen atoms in total. The van der Waals surface area contributed by atoms with Crippen LogP contribution in [0.4, 0.5) is 11.4 Å². The van der Waals surface area contributed by atoms with Gasteiger partial charge >= 0.3 is 0 Å². The van der Waals surface area contributed by atoms with Crippen molar-refractivity contribution < 1.29 is 9.90 Å². The average Bonchev–Trinajstić information content (AvgIpc) is 2.68. The van der Waals surface area contributed by atoms with Crippen LogP contribution in [0.15, 0.2) is 29.6 Å². The van der Waals surface area contributed by atoms with Crippen LogP contribution < -0.4 is 11.1 Å². The van der Waals surface area contributed by atoms with E-state index in [9.17, 15) is 9.90 Å². The molecule has 0 saturated heterocycles. The lowest BCUT2D eigenvalue weighted by Crippen LogP contribution is -2.12. The van der Waals surface area contributed by atoms with Gasteiger partial charge in [0.2, 0.25) is 0 Å². The molecule has 0 aliphatic carbocycles. The van der Waals surface area contributed by atoms with Gasteiger partial charge in [-0.15, -0.1) is 11.3 Å². The number of aryl methyl sites for hydroxylation is 1. The Bertz CT molecular complexity index is 563. The van der Waals surface area contributed by atoms with Gasteiger partial charge in [-0.1, -0.05) is 0 Å². The van der Waals surface area contributed by atoms with E-state index >= 15 is 0 Å². The molecule has 2 rings (SSSR count). The normalized spacial score (nSPS) is 10.2. The highest BCUT2D eigenvalue weighted by Gasteiger charge is 2.11. The van der Waals surface area contributed by atoms with Crippen molar-refractivity contribution in [2.24, 2.45) is 0 Å². The van der Waals surface area contributed by atoms with E-state index in [4.69, 9.17) is 5.73 Å². The fraction of sp³-hybridized carbons (Fsp3) is 0.0833. The minimum absolute atomic E-state index is 0.0767. The molecule has 1 amide bonds. The van der Waals surface area contributed by atoms with Gasteiger partial charge in [0.05, 0.1) is 16.3 Å². The summed E-state index contributed by atoms with van der Waals surface area (Å²) in [5.74, 6) is -0.109. The van der Waals surface area contributed by atoms with Crippen LogP contribution in [0.5, 0.6) is 5.75 Å². The van der Waals surface area contributed by atoms with E-state index < -0.39 is 0 Å². The van der Waals surface area contributed by atoms with Crippen molar-refractivity contribution in [2.45, 2.75) is 6.92 Å². The first-order chi connectivity index (χ1) is 8.08. The quantitative estimate of drug-likeness (QED) is 0.565. The number of carbonyl (C=O) groups is 1. The summed E-state index contributed by atoms with van der Waals surface area (Å²) in [6.45, 7) is 1.88. The van der Waals surface area contributed by atoms with Crippen molar-refractivity contribution in [2.75, 3.05) is 11.1 Å². The molecule has 0 aliphatic heterocycles. The van der Waals surface area contributed by atoms with E-state index in [0.29, 0.717) is 16.3 Å². The molecular formula is C12H12N2O2S. The van der Waals surface area contributed by atoms with Gasteiger partial charge < -0.3 is 16.2 Å². The fourth-order valence-electron chi connectivity index (χ4n) is 1.45. The Morgan fingerprint density at radius 3 is 2.76 bits per heavy atom. The lowest BCUT2D eigenvalue weighted by atomic mass is 10.2. The molecule has 2 aromatic rings. The topological polar surface area (TPSA) is 75.3 Å². The van der Waals surface area contributed by atoms with E-state index in [1.165, 1.54) is 23.5 Å². The van der Waals surface area contributed by atoms with Gasteiger partial charge in [0, 0.05) is 6.07 Å². The Balaban J connectivity index is 2.22. The Kier molecular flexibility index (Phi) is 3.01. The van der Waals surface area contributed by atoms with Crippen molar-refractivity contribution in [1.82, 2.24) is 0 Å². The maximum atomic E-state index is 11.9. The molecular weight excluding hydrogens is 236 g/mol. The lowest BCUT2D eigenvalue weighted by molar-refractivity contribution is 0.103. The van der Waals surface area contributed by atoms with Crippen LogP contribution >= 0.6 is 11.3 Å². The molecule has 0 bridgehead atoms. The maximum absolute atomic E-state index is 11.9. The largest absolute Gasteiger partial charge is 0.508 e. The van der Waals surface area contributed by atoms with Crippen molar-refractivity contribution in [3.8, 4) is 5.75 Å². The number of nitrogens with one attached hydrogen (secondary N) is 1. The highest BCUT2D eigenvalue weighted by atomic mass is 32.1. The molecule has 1 aromatic heterocycles. The van der Waals surface area contributed by atoms with Crippen LogP contribution in [-0.4, -0.2) is 11.0 Å². The van der Waals surface area contributed by atoms with Crippen LogP contribution in [0.2, 0.25) is 0 Å². The Morgan fingerprint density at radius 2 is 2.18 bits per heavy atom. The number of hydrogen-bond acceptors (Lipinski definition) is 4. The van der Waals surface area contributed by atoms with Gasteiger partial charge in [-0.05, 0) is 36.1 Å². The number of rotatable bonds is 2. The molecule has 17 heavy (non-hydrogen) atoms. The zero-order valence-corrected chi connectivity index (χ0v) is 10.0. The third kappa shape index (κ3) is 2.39. The molecule has 0 unspecified atom stereocenters. The van der Waals surface area contributed by atoms with Gasteiger partial charge in [-0.25, -0.2) is 0 Å². The number of thiophene rings is 1. The molecule has 88 valence electrons. The number of nitrogens with two attached hydrogens (primary N) is 1. The number of amides is 1. The predicted molar refractivity (Wildman–Crippen MR) is 69.5 cm³/mol. The van der Waals surface area contributed by atoms with E-state index in [-0.39, 0.29) is 11.7 Å². The molecule has 1 aromatic carbocycles. The second-order valence-corrected chi connectivity index (χ2v) is 4.57. The maximum Gasteiger partial charge on any atom is 0.266 e. The zero-order chi connectivity index (χ0) is 12.4. The molecule has 1 heterocycles. The molecule has 5 heteroatoms. The minimum Gasteiger partial charge on any atom is -0.508 e. The Hall–Kier alpha value is -2.01. The molecule has 0 saturated carbocycles. The van der Waals surface area contributed by atoms with Gasteiger partial charge in [0.1, 0.15) is 5.75 Å². The van der Waals surface area contributed by atoms with Gasteiger partial charge in [0.25, 0.3) is 5.91 Å². The van der Waals surface area contributed by atoms with Crippen LogP contribution in [0.3, 0.4) is 0 Å². The van der Waals surface area contributed by atoms with Crippen LogP contribution in [-0.2, 0) is 0 Å². The summed E-state index contributed by atoms with van der Waals surface area (Å²) in [6, 6.07) is 6.34. The number of benzene rings is 1. The summed E-state index contributed by atoms with van der Waals surface area (Å²) < 4.78 is 0. The third-order valence-electron chi connectivity index (χ3n) is 2.35. The summed E-state index contributed by atoms with van der Waals surface area (Å²) in [6.07, 6.45) is 0. The first kappa shape index (κ1) is 11.5. The minimum atomic E-state index is -0.185. The van der Waals surface area contributed by atoms with E-state index in [2.05, 4.69) is 5.32 Å². The second-order valence-electron chi connectivity index (χ2n) is 3.66. The number of hydrogen-bond donors (Lipinski definition) is 3. The van der Waals surface area contributed by atoms with E-state index in [1.807, 2.05) is 18.4 Å². The standard InChI is InChI=1S/C12H12N2O2S/c1-7-4-5-17-11(7)12(16)14-10-3-2-8(15)6-9(10)13/h2-6,15H,13H2,1H3,(H,14,16). The van der Waals surface area contributed by atoms with Gasteiger partial charge in [-0.2, -0.15) is 0 Å². The number of carbonyl (C=O) groups excluding carboxylic acids is 1. The summed E-state index contributed by atoms with van der Waals surface area (Å²) in [7, 11) is 0. The lowest BCUT2D eigenvalue weighted by Gasteiger charge is -2.07. The van der Waals surface area contributed by atoms with Crippen molar-refractivity contribution in [1.29, 1.82) is 0 Å². The highest BCUT2D eigenvalue weighted by molar-refractivity contribution is 7.12. The second kappa shape index (κ2) is 4.47. The van der Waals surface area contributed by atoms with Gasteiger partial charge in [0.15, 0.2) is 0 Å². The highest BCUT2D eigenvalue weighted by Crippen LogP contribution is 2.25. The number of nitrogen functional groups attached to an aromatic ring is 1. The Morgan fingerprint density at radius 1 is 1.41 bits per heavy atom. The van der Waals surface area contributed by atoms with Crippen molar-refractivity contribution in [3.63, 3.8) is 0 Å². The van der Waals surface area contributed by atoms with Gasteiger partial charge in [-0.3, -0.25) is 4.79 Å². The van der Waals surface area contributed by atoms with Crippen molar-refractivity contribution >= 4 is 28.6 Å². The molecule has 0 aliphatic rings. The SMILES string of the molecule is Cc1ccsc1C(=O)Nc1ccc(O)cc1N. The zero-order valence-electron chi connectivity index (χ0n) is 9.23. The van der Waals surface area contributed by atoms with Crippen LogP contribution in [0, 0.1) is 6.92 Å². The molecule has 0 radical (unpaired) electrons. The van der Waals surface area contributed by atoms with E-state index in [1.54, 1.807) is 6.07 Å². The molecule has 0 spiro atoms. The average molecular weight is 248 g/mol. The van der Waals surface area contributed by atoms with Crippen molar-refractivity contribution in [3.05, 3.63) is 40.1 Å².